The molecule has 1 saturated carbocycles. The molecule has 4 heteroatoms. The van der Waals surface area contributed by atoms with Gasteiger partial charge in [0.15, 0.2) is 0 Å². The van der Waals surface area contributed by atoms with E-state index in [1.807, 2.05) is 17.5 Å². The number of hydrogen-bond acceptors (Lipinski definition) is 3. The Hall–Kier alpha value is -0.870. The van der Waals surface area contributed by atoms with Crippen molar-refractivity contribution in [2.45, 2.75) is 37.6 Å². The maximum absolute atomic E-state index is 12.0. The molecule has 1 amide bonds. The average Bonchev–Trinajstić information content (AvgIpc) is 2.91. The first kappa shape index (κ1) is 13.6. The molecule has 0 bridgehead atoms. The zero-order valence-electron chi connectivity index (χ0n) is 11.2. The molecule has 0 aromatic carbocycles. The number of nitrogens with one attached hydrogen (secondary N) is 1. The number of carbonyl (C=O) groups excluding carboxylic acids is 1. The summed E-state index contributed by atoms with van der Waals surface area (Å²) in [6.45, 7) is 0.761. The summed E-state index contributed by atoms with van der Waals surface area (Å²) < 4.78 is 0. The largest absolute Gasteiger partial charge is 0.349 e. The van der Waals surface area contributed by atoms with Gasteiger partial charge in [-0.15, -0.1) is 11.3 Å². The normalized spacial score (nSPS) is 18.8. The van der Waals surface area contributed by atoms with Gasteiger partial charge >= 0.3 is 0 Å². The van der Waals surface area contributed by atoms with Gasteiger partial charge in [-0.2, -0.15) is 0 Å². The topological polar surface area (TPSA) is 32.3 Å². The number of thiophene rings is 1. The van der Waals surface area contributed by atoms with E-state index in [9.17, 15) is 4.79 Å². The lowest BCUT2D eigenvalue weighted by Gasteiger charge is -2.43. The van der Waals surface area contributed by atoms with Gasteiger partial charge in [0.05, 0.1) is 4.88 Å². The first-order chi connectivity index (χ1) is 8.64. The monoisotopic (exact) mass is 266 g/mol. The maximum atomic E-state index is 12.0. The van der Waals surface area contributed by atoms with Crippen molar-refractivity contribution < 1.29 is 4.79 Å². The lowest BCUT2D eigenvalue weighted by Crippen LogP contribution is -2.53. The van der Waals surface area contributed by atoms with Gasteiger partial charge in [0.25, 0.3) is 5.91 Å². The molecule has 1 fully saturated rings. The quantitative estimate of drug-likeness (QED) is 0.909. The van der Waals surface area contributed by atoms with Gasteiger partial charge in [-0.3, -0.25) is 4.79 Å². The Balaban J connectivity index is 1.96. The van der Waals surface area contributed by atoms with Crippen molar-refractivity contribution in [3.05, 3.63) is 22.4 Å². The van der Waals surface area contributed by atoms with Crippen LogP contribution in [-0.2, 0) is 0 Å². The summed E-state index contributed by atoms with van der Waals surface area (Å²) in [7, 11) is 4.26. The van der Waals surface area contributed by atoms with Gasteiger partial charge in [0.1, 0.15) is 0 Å². The van der Waals surface area contributed by atoms with E-state index < -0.39 is 0 Å². The summed E-state index contributed by atoms with van der Waals surface area (Å²) in [6, 6.07) is 3.80. The zero-order chi connectivity index (χ0) is 13.0. The van der Waals surface area contributed by atoms with Crippen LogP contribution in [0.5, 0.6) is 0 Å². The molecule has 0 saturated heterocycles. The maximum Gasteiger partial charge on any atom is 0.261 e. The number of hydrogen-bond donors (Lipinski definition) is 1. The minimum absolute atomic E-state index is 0.0665. The second kappa shape index (κ2) is 5.85. The Labute approximate surface area is 113 Å². The van der Waals surface area contributed by atoms with Crippen LogP contribution in [0.3, 0.4) is 0 Å². The summed E-state index contributed by atoms with van der Waals surface area (Å²) in [5.74, 6) is 0.0665. The van der Waals surface area contributed by atoms with E-state index in [0.717, 1.165) is 11.4 Å². The van der Waals surface area contributed by atoms with Crippen molar-refractivity contribution in [1.82, 2.24) is 10.2 Å². The van der Waals surface area contributed by atoms with Crippen LogP contribution in [0.4, 0.5) is 0 Å². The fourth-order valence-corrected chi connectivity index (χ4v) is 3.37. The molecular weight excluding hydrogens is 244 g/mol. The smallest absolute Gasteiger partial charge is 0.261 e. The molecule has 0 spiro atoms. The van der Waals surface area contributed by atoms with Crippen LogP contribution in [0.2, 0.25) is 0 Å². The molecule has 0 atom stereocenters. The van der Waals surface area contributed by atoms with E-state index in [0.29, 0.717) is 0 Å². The van der Waals surface area contributed by atoms with Crippen molar-refractivity contribution in [2.75, 3.05) is 20.6 Å². The third kappa shape index (κ3) is 2.93. The molecule has 2 rings (SSSR count). The molecule has 1 N–H and O–H groups in total. The Kier molecular flexibility index (Phi) is 4.40. The first-order valence-electron chi connectivity index (χ1n) is 6.63. The molecule has 3 nitrogen and oxygen atoms in total. The Morgan fingerprint density at radius 1 is 1.39 bits per heavy atom. The van der Waals surface area contributed by atoms with E-state index >= 15 is 0 Å². The fraction of sp³-hybridized carbons (Fsp3) is 0.643. The predicted molar refractivity (Wildman–Crippen MR) is 76.2 cm³/mol. The number of likely N-dealkylation sites (N-methyl/N-ethyl adjacent to an activating group) is 1. The Morgan fingerprint density at radius 3 is 2.67 bits per heavy atom. The highest BCUT2D eigenvalue weighted by molar-refractivity contribution is 7.12. The molecular formula is C14H22N2OS. The third-order valence-corrected chi connectivity index (χ3v) is 4.92. The van der Waals surface area contributed by atoms with Crippen LogP contribution in [-0.4, -0.2) is 37.0 Å². The van der Waals surface area contributed by atoms with Gasteiger partial charge in [0.2, 0.25) is 0 Å². The second-order valence-electron chi connectivity index (χ2n) is 5.34. The summed E-state index contributed by atoms with van der Waals surface area (Å²) in [5, 5.41) is 5.05. The summed E-state index contributed by atoms with van der Waals surface area (Å²) in [6.07, 6.45) is 6.24. The molecule has 1 aliphatic carbocycles. The second-order valence-corrected chi connectivity index (χ2v) is 6.29. The summed E-state index contributed by atoms with van der Waals surface area (Å²) in [4.78, 5) is 15.1. The van der Waals surface area contributed by atoms with Crippen molar-refractivity contribution in [1.29, 1.82) is 0 Å². The van der Waals surface area contributed by atoms with Crippen molar-refractivity contribution in [3.63, 3.8) is 0 Å². The van der Waals surface area contributed by atoms with E-state index in [4.69, 9.17) is 0 Å². The van der Waals surface area contributed by atoms with Crippen LogP contribution in [0.25, 0.3) is 0 Å². The molecule has 1 aromatic rings. The van der Waals surface area contributed by atoms with Crippen molar-refractivity contribution in [3.8, 4) is 0 Å². The lowest BCUT2D eigenvalue weighted by atomic mass is 9.80. The van der Waals surface area contributed by atoms with Gasteiger partial charge in [0, 0.05) is 12.1 Å². The first-order valence-corrected chi connectivity index (χ1v) is 7.51. The van der Waals surface area contributed by atoms with Gasteiger partial charge in [-0.05, 0) is 38.4 Å². The Morgan fingerprint density at radius 2 is 2.11 bits per heavy atom. The highest BCUT2D eigenvalue weighted by atomic mass is 32.1. The summed E-state index contributed by atoms with van der Waals surface area (Å²) in [5.41, 5.74) is 0.158. The molecule has 1 heterocycles. The standard InChI is InChI=1S/C14H22N2OS/c1-16(2)14(8-4-3-5-9-14)11-15-13(17)12-7-6-10-18-12/h6-7,10H,3-5,8-9,11H2,1-2H3,(H,15,17). The number of amides is 1. The minimum Gasteiger partial charge on any atom is -0.349 e. The fourth-order valence-electron chi connectivity index (χ4n) is 2.73. The van der Waals surface area contributed by atoms with Crippen molar-refractivity contribution in [2.24, 2.45) is 0 Å². The SMILES string of the molecule is CN(C)C1(CNC(=O)c2cccs2)CCCCC1. The Bertz CT molecular complexity index is 381. The van der Waals surface area contributed by atoms with Crippen LogP contribution in [0.15, 0.2) is 17.5 Å². The molecule has 1 aromatic heterocycles. The minimum atomic E-state index is 0.0665. The van der Waals surface area contributed by atoms with Gasteiger partial charge in [-0.25, -0.2) is 0 Å². The number of rotatable bonds is 4. The number of carbonyl (C=O) groups is 1. The van der Waals surface area contributed by atoms with Crippen LogP contribution < -0.4 is 5.32 Å². The van der Waals surface area contributed by atoms with Crippen molar-refractivity contribution >= 4 is 17.2 Å². The average molecular weight is 266 g/mol. The predicted octanol–water partition coefficient (Wildman–Crippen LogP) is 2.74. The van der Waals surface area contributed by atoms with Crippen LogP contribution in [0, 0.1) is 0 Å². The highest BCUT2D eigenvalue weighted by Gasteiger charge is 2.34. The third-order valence-electron chi connectivity index (χ3n) is 4.06. The van der Waals surface area contributed by atoms with Crippen LogP contribution >= 0.6 is 11.3 Å². The summed E-state index contributed by atoms with van der Waals surface area (Å²) >= 11 is 1.50. The highest BCUT2D eigenvalue weighted by Crippen LogP contribution is 2.31. The van der Waals surface area contributed by atoms with E-state index in [1.165, 1.54) is 43.4 Å². The number of nitrogens with zero attached hydrogens (tertiary/aromatic N) is 1. The zero-order valence-corrected chi connectivity index (χ0v) is 12.1. The van der Waals surface area contributed by atoms with E-state index in [2.05, 4.69) is 24.3 Å². The van der Waals surface area contributed by atoms with E-state index in [1.54, 1.807) is 0 Å². The van der Waals surface area contributed by atoms with E-state index in [-0.39, 0.29) is 11.4 Å². The van der Waals surface area contributed by atoms with Crippen LogP contribution in [0.1, 0.15) is 41.8 Å². The molecule has 100 valence electrons. The molecule has 18 heavy (non-hydrogen) atoms. The molecule has 0 aliphatic heterocycles. The molecule has 0 unspecified atom stereocenters. The van der Waals surface area contributed by atoms with Gasteiger partial charge < -0.3 is 10.2 Å². The lowest BCUT2D eigenvalue weighted by molar-refractivity contribution is 0.0802. The molecule has 0 radical (unpaired) electrons. The van der Waals surface area contributed by atoms with Gasteiger partial charge in [-0.1, -0.05) is 25.3 Å². The molecule has 1 aliphatic rings.